The number of para-hydroxylation sites is 1. The first-order chi connectivity index (χ1) is 13.2. The number of hydrogen-bond acceptors (Lipinski definition) is 3. The van der Waals surface area contributed by atoms with Crippen LogP contribution in [0.3, 0.4) is 0 Å². The fourth-order valence-corrected chi connectivity index (χ4v) is 3.09. The van der Waals surface area contributed by atoms with E-state index in [-0.39, 0.29) is 12.1 Å². The number of ether oxygens (including phenoxy) is 1. The number of aryl methyl sites for hydroxylation is 1. The summed E-state index contributed by atoms with van der Waals surface area (Å²) in [6.45, 7) is 2.22. The van der Waals surface area contributed by atoms with Gasteiger partial charge in [0.2, 0.25) is 0 Å². The summed E-state index contributed by atoms with van der Waals surface area (Å²) in [4.78, 5) is 6.07. The molecule has 0 fully saturated rings. The minimum absolute atomic E-state index is 0.0926. The van der Waals surface area contributed by atoms with Gasteiger partial charge < -0.3 is 9.30 Å². The minimum atomic E-state index is -0.519. The standard InChI is InChI=1S/C21H23F2N3O/c1-27-21-9-3-2-6-17(21)14-26(12-5-11-25-13-10-24-16-25)15-18-19(22)7-4-8-20(18)23/h2-4,6-10,13,16H,5,11-12,14-15H2,1H3. The lowest BCUT2D eigenvalue weighted by Crippen LogP contribution is -2.26. The van der Waals surface area contributed by atoms with E-state index in [0.29, 0.717) is 13.1 Å². The highest BCUT2D eigenvalue weighted by Crippen LogP contribution is 2.22. The van der Waals surface area contributed by atoms with Crippen LogP contribution in [0.15, 0.2) is 61.2 Å². The maximum absolute atomic E-state index is 14.1. The van der Waals surface area contributed by atoms with Crippen LogP contribution in [0.25, 0.3) is 0 Å². The third kappa shape index (κ3) is 5.14. The lowest BCUT2D eigenvalue weighted by Gasteiger charge is -2.24. The molecule has 0 saturated heterocycles. The summed E-state index contributed by atoms with van der Waals surface area (Å²) < 4.78 is 35.7. The molecule has 0 saturated carbocycles. The van der Waals surface area contributed by atoms with Gasteiger partial charge in [0.25, 0.3) is 0 Å². The predicted molar refractivity (Wildman–Crippen MR) is 100 cm³/mol. The molecule has 0 atom stereocenters. The monoisotopic (exact) mass is 371 g/mol. The first-order valence-corrected chi connectivity index (χ1v) is 8.90. The highest BCUT2D eigenvalue weighted by atomic mass is 19.1. The Morgan fingerprint density at radius 2 is 1.81 bits per heavy atom. The van der Waals surface area contributed by atoms with Crippen LogP contribution in [0.1, 0.15) is 17.5 Å². The number of rotatable bonds is 9. The van der Waals surface area contributed by atoms with E-state index in [1.165, 1.54) is 18.2 Å². The molecular weight excluding hydrogens is 348 g/mol. The number of halogens is 2. The molecule has 0 aliphatic heterocycles. The van der Waals surface area contributed by atoms with E-state index in [1.54, 1.807) is 19.6 Å². The molecule has 0 aliphatic carbocycles. The molecule has 0 unspecified atom stereocenters. The van der Waals surface area contributed by atoms with Gasteiger partial charge in [0.1, 0.15) is 17.4 Å². The smallest absolute Gasteiger partial charge is 0.130 e. The molecule has 0 spiro atoms. The Morgan fingerprint density at radius 3 is 2.52 bits per heavy atom. The lowest BCUT2D eigenvalue weighted by molar-refractivity contribution is 0.238. The lowest BCUT2D eigenvalue weighted by atomic mass is 10.1. The minimum Gasteiger partial charge on any atom is -0.496 e. The summed E-state index contributed by atoms with van der Waals surface area (Å²) in [5.74, 6) is -0.268. The van der Waals surface area contributed by atoms with Gasteiger partial charge in [-0.15, -0.1) is 0 Å². The Labute approximate surface area is 158 Å². The van der Waals surface area contributed by atoms with Gasteiger partial charge in [-0.2, -0.15) is 0 Å². The van der Waals surface area contributed by atoms with E-state index in [1.807, 2.05) is 39.9 Å². The third-order valence-corrected chi connectivity index (χ3v) is 4.48. The molecule has 0 N–H and O–H groups in total. The van der Waals surface area contributed by atoms with Gasteiger partial charge in [-0.25, -0.2) is 13.8 Å². The van der Waals surface area contributed by atoms with Gasteiger partial charge in [0, 0.05) is 49.7 Å². The van der Waals surface area contributed by atoms with Crippen LogP contribution >= 0.6 is 0 Å². The largest absolute Gasteiger partial charge is 0.496 e. The van der Waals surface area contributed by atoms with Crippen molar-refractivity contribution in [2.24, 2.45) is 0 Å². The van der Waals surface area contributed by atoms with Crippen molar-refractivity contribution in [2.45, 2.75) is 26.1 Å². The SMILES string of the molecule is COc1ccccc1CN(CCCn1ccnc1)Cc1c(F)cccc1F. The van der Waals surface area contributed by atoms with Crippen LogP contribution in [-0.2, 0) is 19.6 Å². The normalized spacial score (nSPS) is 11.1. The quantitative estimate of drug-likeness (QED) is 0.563. The van der Waals surface area contributed by atoms with Crippen LogP contribution < -0.4 is 4.74 Å². The maximum Gasteiger partial charge on any atom is 0.130 e. The summed E-state index contributed by atoms with van der Waals surface area (Å²) in [6.07, 6.45) is 6.24. The van der Waals surface area contributed by atoms with E-state index >= 15 is 0 Å². The number of imidazole rings is 1. The Morgan fingerprint density at radius 1 is 1.04 bits per heavy atom. The van der Waals surface area contributed by atoms with Crippen molar-refractivity contribution in [3.63, 3.8) is 0 Å². The first-order valence-electron chi connectivity index (χ1n) is 8.90. The van der Waals surface area contributed by atoms with Crippen LogP contribution in [0.2, 0.25) is 0 Å². The van der Waals surface area contributed by atoms with Gasteiger partial charge in [0.15, 0.2) is 0 Å². The average Bonchev–Trinajstić information content (AvgIpc) is 3.18. The third-order valence-electron chi connectivity index (χ3n) is 4.48. The molecule has 0 aliphatic rings. The van der Waals surface area contributed by atoms with Gasteiger partial charge in [0.05, 0.1) is 13.4 Å². The first kappa shape index (κ1) is 19.0. The summed E-state index contributed by atoms with van der Waals surface area (Å²) in [6, 6.07) is 11.7. The van der Waals surface area contributed by atoms with E-state index < -0.39 is 11.6 Å². The summed E-state index contributed by atoms with van der Waals surface area (Å²) in [5, 5.41) is 0. The highest BCUT2D eigenvalue weighted by molar-refractivity contribution is 5.33. The van der Waals surface area contributed by atoms with Gasteiger partial charge in [-0.1, -0.05) is 24.3 Å². The fourth-order valence-electron chi connectivity index (χ4n) is 3.09. The molecule has 2 aromatic carbocycles. The van der Waals surface area contributed by atoms with E-state index in [0.717, 1.165) is 24.3 Å². The molecule has 0 bridgehead atoms. The molecular formula is C21H23F2N3O. The number of nitrogens with zero attached hydrogens (tertiary/aromatic N) is 3. The van der Waals surface area contributed by atoms with Gasteiger partial charge in [-0.3, -0.25) is 4.90 Å². The zero-order valence-corrected chi connectivity index (χ0v) is 15.3. The second-order valence-corrected chi connectivity index (χ2v) is 6.38. The van der Waals surface area contributed by atoms with Gasteiger partial charge in [-0.05, 0) is 24.6 Å². The number of aromatic nitrogens is 2. The molecule has 3 rings (SSSR count). The topological polar surface area (TPSA) is 30.3 Å². The molecule has 1 aromatic heterocycles. The second-order valence-electron chi connectivity index (χ2n) is 6.38. The van der Waals surface area contributed by atoms with Crippen LogP contribution in [0.4, 0.5) is 8.78 Å². The molecule has 27 heavy (non-hydrogen) atoms. The molecule has 4 nitrogen and oxygen atoms in total. The predicted octanol–water partition coefficient (Wildman–Crippen LogP) is 4.26. The van der Waals surface area contributed by atoms with Crippen molar-refractivity contribution in [3.05, 3.63) is 83.9 Å². The van der Waals surface area contributed by atoms with E-state index in [4.69, 9.17) is 4.74 Å². The Bertz CT molecular complexity index is 832. The van der Waals surface area contributed by atoms with Crippen molar-refractivity contribution in [1.29, 1.82) is 0 Å². The molecule has 1 heterocycles. The summed E-state index contributed by atoms with van der Waals surface area (Å²) >= 11 is 0. The van der Waals surface area contributed by atoms with Crippen LogP contribution in [0.5, 0.6) is 5.75 Å². The molecule has 3 aromatic rings. The summed E-state index contributed by atoms with van der Waals surface area (Å²) in [5.41, 5.74) is 1.08. The molecule has 0 amide bonds. The number of benzene rings is 2. The Hall–Kier alpha value is -2.73. The zero-order valence-electron chi connectivity index (χ0n) is 15.3. The number of hydrogen-bond donors (Lipinski definition) is 0. The highest BCUT2D eigenvalue weighted by Gasteiger charge is 2.15. The van der Waals surface area contributed by atoms with Crippen LogP contribution in [0, 0.1) is 11.6 Å². The molecule has 142 valence electrons. The second kappa shape index (κ2) is 9.28. The maximum atomic E-state index is 14.1. The fraction of sp³-hybridized carbons (Fsp3) is 0.286. The van der Waals surface area contributed by atoms with Crippen LogP contribution in [-0.4, -0.2) is 28.1 Å². The van der Waals surface area contributed by atoms with Crippen molar-refractivity contribution < 1.29 is 13.5 Å². The molecule has 0 radical (unpaired) electrons. The number of methoxy groups -OCH3 is 1. The average molecular weight is 371 g/mol. The van der Waals surface area contributed by atoms with Crippen molar-refractivity contribution in [1.82, 2.24) is 14.5 Å². The van der Waals surface area contributed by atoms with Gasteiger partial charge >= 0.3 is 0 Å². The van der Waals surface area contributed by atoms with Crippen molar-refractivity contribution in [3.8, 4) is 5.75 Å². The van der Waals surface area contributed by atoms with Crippen molar-refractivity contribution in [2.75, 3.05) is 13.7 Å². The Balaban J connectivity index is 1.75. The van der Waals surface area contributed by atoms with E-state index in [9.17, 15) is 8.78 Å². The summed E-state index contributed by atoms with van der Waals surface area (Å²) in [7, 11) is 1.62. The molecule has 6 heteroatoms. The zero-order chi connectivity index (χ0) is 19.1. The Kier molecular flexibility index (Phi) is 6.54. The van der Waals surface area contributed by atoms with Crippen molar-refractivity contribution >= 4 is 0 Å². The van der Waals surface area contributed by atoms with E-state index in [2.05, 4.69) is 4.98 Å².